The monoisotopic (exact) mass is 142 g/mol. The van der Waals surface area contributed by atoms with Crippen molar-refractivity contribution in [2.24, 2.45) is 0 Å². The summed E-state index contributed by atoms with van der Waals surface area (Å²) in [7, 11) is 0. The highest BCUT2D eigenvalue weighted by Crippen LogP contribution is 2.20. The summed E-state index contributed by atoms with van der Waals surface area (Å²) in [5, 5.41) is 9.66. The molecule has 1 atom stereocenters. The molecule has 1 N–H and O–H groups in total. The van der Waals surface area contributed by atoms with E-state index in [0.29, 0.717) is 13.2 Å². The number of ether oxygens (including phenoxy) is 1. The largest absolute Gasteiger partial charge is 0.383 e. The predicted molar refractivity (Wildman–Crippen MR) is 39.8 cm³/mol. The van der Waals surface area contributed by atoms with Crippen LogP contribution in [0.1, 0.15) is 20.3 Å². The average Bonchev–Trinajstić information content (AvgIpc) is 2.12. The SMILES string of the molecule is CC(C)=CC1(O)CCOC1. The van der Waals surface area contributed by atoms with Crippen LogP contribution < -0.4 is 0 Å². The maximum Gasteiger partial charge on any atom is 0.108 e. The van der Waals surface area contributed by atoms with Crippen molar-refractivity contribution in [3.63, 3.8) is 0 Å². The van der Waals surface area contributed by atoms with Gasteiger partial charge in [0.1, 0.15) is 5.60 Å². The van der Waals surface area contributed by atoms with E-state index in [9.17, 15) is 5.11 Å². The molecule has 0 spiro atoms. The number of allylic oxidation sites excluding steroid dienone is 1. The van der Waals surface area contributed by atoms with Gasteiger partial charge < -0.3 is 9.84 Å². The second-order valence-corrected chi connectivity index (χ2v) is 3.13. The van der Waals surface area contributed by atoms with E-state index >= 15 is 0 Å². The molecule has 0 aromatic carbocycles. The normalized spacial score (nSPS) is 32.3. The maximum absolute atomic E-state index is 9.66. The molecule has 0 radical (unpaired) electrons. The Balaban J connectivity index is 2.59. The Labute approximate surface area is 61.5 Å². The molecule has 2 nitrogen and oxygen atoms in total. The molecule has 0 bridgehead atoms. The molecule has 58 valence electrons. The standard InChI is InChI=1S/C8H14O2/c1-7(2)5-8(9)3-4-10-6-8/h5,9H,3-4,6H2,1-2H3. The number of rotatable bonds is 1. The zero-order valence-electron chi connectivity index (χ0n) is 6.55. The minimum Gasteiger partial charge on any atom is -0.383 e. The highest BCUT2D eigenvalue weighted by atomic mass is 16.5. The molecular weight excluding hydrogens is 128 g/mol. The van der Waals surface area contributed by atoms with E-state index in [1.165, 1.54) is 0 Å². The van der Waals surface area contributed by atoms with Crippen molar-refractivity contribution in [3.8, 4) is 0 Å². The Bertz CT molecular complexity index is 139. The van der Waals surface area contributed by atoms with Crippen LogP contribution in [0.3, 0.4) is 0 Å². The van der Waals surface area contributed by atoms with Crippen molar-refractivity contribution in [1.82, 2.24) is 0 Å². The minimum atomic E-state index is -0.668. The minimum absolute atomic E-state index is 0.457. The summed E-state index contributed by atoms with van der Waals surface area (Å²) in [4.78, 5) is 0. The first-order valence-electron chi connectivity index (χ1n) is 3.59. The van der Waals surface area contributed by atoms with Crippen LogP contribution >= 0.6 is 0 Å². The van der Waals surface area contributed by atoms with Crippen molar-refractivity contribution in [2.45, 2.75) is 25.9 Å². The predicted octanol–water partition coefficient (Wildman–Crippen LogP) is 1.10. The van der Waals surface area contributed by atoms with Crippen LogP contribution in [0.5, 0.6) is 0 Å². The lowest BCUT2D eigenvalue weighted by Crippen LogP contribution is -2.25. The van der Waals surface area contributed by atoms with Gasteiger partial charge in [-0.2, -0.15) is 0 Å². The average molecular weight is 142 g/mol. The molecule has 2 heteroatoms. The molecule has 1 aliphatic heterocycles. The molecule has 0 aromatic heterocycles. The fourth-order valence-electron chi connectivity index (χ4n) is 1.22. The Hall–Kier alpha value is -0.340. The van der Waals surface area contributed by atoms with Crippen molar-refractivity contribution in [3.05, 3.63) is 11.6 Å². The van der Waals surface area contributed by atoms with Gasteiger partial charge in [-0.3, -0.25) is 0 Å². The fraction of sp³-hybridized carbons (Fsp3) is 0.750. The molecule has 0 saturated carbocycles. The molecule has 1 heterocycles. The van der Waals surface area contributed by atoms with E-state index < -0.39 is 5.60 Å². The molecule has 1 rings (SSSR count). The lowest BCUT2D eigenvalue weighted by atomic mass is 10.0. The summed E-state index contributed by atoms with van der Waals surface area (Å²) in [6.45, 7) is 5.10. The summed E-state index contributed by atoms with van der Waals surface area (Å²) in [5.74, 6) is 0. The van der Waals surface area contributed by atoms with Crippen LogP contribution in [0.2, 0.25) is 0 Å². The van der Waals surface area contributed by atoms with Crippen molar-refractivity contribution in [1.29, 1.82) is 0 Å². The third-order valence-electron chi connectivity index (χ3n) is 1.59. The quantitative estimate of drug-likeness (QED) is 0.555. The molecule has 0 aromatic rings. The van der Waals surface area contributed by atoms with E-state index in [-0.39, 0.29) is 0 Å². The summed E-state index contributed by atoms with van der Waals surface area (Å²) >= 11 is 0. The number of hydrogen-bond acceptors (Lipinski definition) is 2. The van der Waals surface area contributed by atoms with Gasteiger partial charge in [-0.15, -0.1) is 0 Å². The first-order chi connectivity index (χ1) is 4.62. The summed E-state index contributed by atoms with van der Waals surface area (Å²) in [5.41, 5.74) is 0.478. The van der Waals surface area contributed by atoms with Gasteiger partial charge in [-0.1, -0.05) is 11.6 Å². The second-order valence-electron chi connectivity index (χ2n) is 3.13. The van der Waals surface area contributed by atoms with E-state index in [1.807, 2.05) is 19.9 Å². The van der Waals surface area contributed by atoms with Crippen molar-refractivity contribution < 1.29 is 9.84 Å². The van der Waals surface area contributed by atoms with Gasteiger partial charge in [0, 0.05) is 13.0 Å². The molecule has 1 saturated heterocycles. The Kier molecular flexibility index (Phi) is 2.11. The van der Waals surface area contributed by atoms with Gasteiger partial charge in [-0.25, -0.2) is 0 Å². The number of hydrogen-bond donors (Lipinski definition) is 1. The van der Waals surface area contributed by atoms with Gasteiger partial charge in [0.2, 0.25) is 0 Å². The van der Waals surface area contributed by atoms with Gasteiger partial charge in [-0.05, 0) is 13.8 Å². The molecular formula is C8H14O2. The van der Waals surface area contributed by atoms with Gasteiger partial charge >= 0.3 is 0 Å². The van der Waals surface area contributed by atoms with Gasteiger partial charge in [0.25, 0.3) is 0 Å². The van der Waals surface area contributed by atoms with Gasteiger partial charge in [0.15, 0.2) is 0 Å². The smallest absolute Gasteiger partial charge is 0.108 e. The third-order valence-corrected chi connectivity index (χ3v) is 1.59. The second kappa shape index (κ2) is 2.72. The van der Waals surface area contributed by atoms with Crippen molar-refractivity contribution in [2.75, 3.05) is 13.2 Å². The van der Waals surface area contributed by atoms with E-state index in [0.717, 1.165) is 12.0 Å². The van der Waals surface area contributed by atoms with Crippen LogP contribution in [0.15, 0.2) is 11.6 Å². The fourth-order valence-corrected chi connectivity index (χ4v) is 1.22. The van der Waals surface area contributed by atoms with Crippen LogP contribution in [0, 0.1) is 0 Å². The summed E-state index contributed by atoms with van der Waals surface area (Å²) in [6, 6.07) is 0. The highest BCUT2D eigenvalue weighted by molar-refractivity contribution is 5.08. The van der Waals surface area contributed by atoms with Gasteiger partial charge in [0.05, 0.1) is 6.61 Å². The molecule has 1 fully saturated rings. The first-order valence-corrected chi connectivity index (χ1v) is 3.59. The molecule has 10 heavy (non-hydrogen) atoms. The maximum atomic E-state index is 9.66. The Morgan fingerprint density at radius 3 is 2.70 bits per heavy atom. The molecule has 0 amide bonds. The van der Waals surface area contributed by atoms with E-state index in [4.69, 9.17) is 4.74 Å². The van der Waals surface area contributed by atoms with Crippen LogP contribution in [-0.2, 0) is 4.74 Å². The lowest BCUT2D eigenvalue weighted by molar-refractivity contribution is 0.0678. The van der Waals surface area contributed by atoms with Crippen LogP contribution in [0.4, 0.5) is 0 Å². The number of aliphatic hydroxyl groups is 1. The Morgan fingerprint density at radius 2 is 2.30 bits per heavy atom. The first kappa shape index (κ1) is 7.76. The molecule has 1 unspecified atom stereocenters. The molecule has 1 aliphatic rings. The topological polar surface area (TPSA) is 29.5 Å². The Morgan fingerprint density at radius 1 is 1.60 bits per heavy atom. The third kappa shape index (κ3) is 1.82. The van der Waals surface area contributed by atoms with E-state index in [2.05, 4.69) is 0 Å². The lowest BCUT2D eigenvalue weighted by Gasteiger charge is -2.15. The summed E-state index contributed by atoms with van der Waals surface area (Å²) in [6.07, 6.45) is 2.61. The molecule has 0 aliphatic carbocycles. The van der Waals surface area contributed by atoms with Crippen LogP contribution in [-0.4, -0.2) is 23.9 Å². The van der Waals surface area contributed by atoms with Crippen molar-refractivity contribution >= 4 is 0 Å². The zero-order valence-corrected chi connectivity index (χ0v) is 6.55. The van der Waals surface area contributed by atoms with E-state index in [1.54, 1.807) is 0 Å². The highest BCUT2D eigenvalue weighted by Gasteiger charge is 2.29. The summed E-state index contributed by atoms with van der Waals surface area (Å²) < 4.78 is 5.07. The zero-order chi connectivity index (χ0) is 7.61. The van der Waals surface area contributed by atoms with Crippen LogP contribution in [0.25, 0.3) is 0 Å².